The van der Waals surface area contributed by atoms with Gasteiger partial charge in [0, 0.05) is 54.1 Å². The van der Waals surface area contributed by atoms with Crippen LogP contribution in [0.3, 0.4) is 0 Å². The Labute approximate surface area is 283 Å². The fourth-order valence-electron chi connectivity index (χ4n) is 9.88. The Morgan fingerprint density at radius 2 is 1.96 bits per heavy atom. The predicted molar refractivity (Wildman–Crippen MR) is 174 cm³/mol. The summed E-state index contributed by atoms with van der Waals surface area (Å²) in [5, 5.41) is 18.5. The quantitative estimate of drug-likeness (QED) is 0.137. The molecule has 6 aliphatic rings. The Hall–Kier alpha value is -3.61. The van der Waals surface area contributed by atoms with E-state index in [1.165, 1.54) is 36.6 Å². The molecule has 256 valence electrons. The number of ether oxygens (including phenoxy) is 4. The number of ketones is 1. The number of hydrogen-bond donors (Lipinski definition) is 2. The molecule has 2 saturated carbocycles. The zero-order chi connectivity index (χ0) is 34.4. The van der Waals surface area contributed by atoms with Crippen molar-refractivity contribution in [3.63, 3.8) is 0 Å². The first kappa shape index (κ1) is 32.9. The Morgan fingerprint density at radius 1 is 1.19 bits per heavy atom. The third-order valence-electron chi connectivity index (χ3n) is 12.6. The van der Waals surface area contributed by atoms with Crippen LogP contribution in [-0.4, -0.2) is 69.4 Å². The number of nitrogens with one attached hydrogen (secondary N) is 1. The molecule has 2 aliphatic heterocycles. The number of hydrogen-bond acceptors (Lipinski definition) is 12. The molecule has 0 unspecified atom stereocenters. The van der Waals surface area contributed by atoms with E-state index in [1.807, 2.05) is 39.2 Å². The lowest BCUT2D eigenvalue weighted by Gasteiger charge is -2.61. The second-order valence-electron chi connectivity index (χ2n) is 14.6. The van der Waals surface area contributed by atoms with Crippen molar-refractivity contribution >= 4 is 40.2 Å². The van der Waals surface area contributed by atoms with E-state index in [1.54, 1.807) is 19.2 Å². The summed E-state index contributed by atoms with van der Waals surface area (Å²) in [5.41, 5.74) is -2.13. The molecule has 1 spiro atoms. The highest BCUT2D eigenvalue weighted by molar-refractivity contribution is 7.13. The Kier molecular flexibility index (Phi) is 7.69. The van der Waals surface area contributed by atoms with Crippen LogP contribution in [0.1, 0.15) is 67.2 Å². The molecule has 2 N–H and O–H groups in total. The summed E-state index contributed by atoms with van der Waals surface area (Å²) >= 11 is 1.39. The van der Waals surface area contributed by atoms with Gasteiger partial charge < -0.3 is 29.4 Å². The van der Waals surface area contributed by atoms with Crippen LogP contribution in [0.4, 0.5) is 5.13 Å². The van der Waals surface area contributed by atoms with Gasteiger partial charge in [0.1, 0.15) is 23.4 Å². The number of rotatable bonds is 7. The average molecular weight is 679 g/mol. The lowest BCUT2D eigenvalue weighted by molar-refractivity contribution is -0.225. The number of carbonyl (C=O) groups excluding carboxylic acids is 4. The SMILES string of the molecule is CC(=O)O[C@H]1C=C([C@H](C)[C@H]2CC(C)=C(C)C(=O)O2)[C@@]2(C)CC[C@H]3[C@@H](C[C@H]4O[C@]45[C@@H](OC(=O)/C=C/Nc4nccs4)C=CC(=O)[C@]35C)[C@@]12O. The first-order valence-corrected chi connectivity index (χ1v) is 17.5. The topological polar surface area (TPSA) is 154 Å². The lowest BCUT2D eigenvalue weighted by atomic mass is 9.42. The molecule has 1 aromatic rings. The Balaban J connectivity index is 1.19. The standard InChI is InChI=1S/C36H42N2O9S/c1-18-15-25(45-31(42)19(18)2)20(3)23-16-28(44-21(4)39)35(43)24-17-29-36(47-29)27(46-30(41)10-12-37-32-38-13-14-48-32)8-7-26(40)34(36,6)22(24)9-11-33(23,35)5/h7-8,10,12-14,16,20,22,24-25,27-29,43H,9,11,15,17H2,1-6H3,(H,37,38)/b12-10+/t20-,22-,24+,25+,27-,28-,29+,33+,34-,35+,36+/m0/s1. The van der Waals surface area contributed by atoms with Crippen LogP contribution in [0.15, 0.2) is 58.8 Å². The zero-order valence-corrected chi connectivity index (χ0v) is 28.8. The Bertz CT molecular complexity index is 1700. The number of aliphatic hydroxyl groups is 1. The van der Waals surface area contributed by atoms with Crippen LogP contribution in [-0.2, 0) is 38.1 Å². The summed E-state index contributed by atoms with van der Waals surface area (Å²) in [6, 6.07) is 0. The largest absolute Gasteiger partial charge is 0.458 e. The number of cyclic esters (lactones) is 1. The number of carbonyl (C=O) groups is 4. The van der Waals surface area contributed by atoms with Crippen molar-refractivity contribution in [2.75, 3.05) is 5.32 Å². The smallest absolute Gasteiger partial charge is 0.333 e. The van der Waals surface area contributed by atoms with Crippen LogP contribution < -0.4 is 5.32 Å². The zero-order valence-electron chi connectivity index (χ0n) is 28.0. The van der Waals surface area contributed by atoms with Crippen LogP contribution in [0.25, 0.3) is 0 Å². The first-order chi connectivity index (χ1) is 22.7. The van der Waals surface area contributed by atoms with Gasteiger partial charge in [-0.3, -0.25) is 9.59 Å². The highest BCUT2D eigenvalue weighted by Crippen LogP contribution is 2.74. The summed E-state index contributed by atoms with van der Waals surface area (Å²) in [6.45, 7) is 10.9. The second kappa shape index (κ2) is 11.2. The molecule has 0 aromatic carbocycles. The lowest BCUT2D eigenvalue weighted by Crippen LogP contribution is -2.70. The highest BCUT2D eigenvalue weighted by atomic mass is 32.1. The number of allylic oxidation sites excluding steroid dienone is 1. The molecular formula is C36H42N2O9S. The van der Waals surface area contributed by atoms with Gasteiger partial charge in [-0.15, -0.1) is 11.3 Å². The summed E-state index contributed by atoms with van der Waals surface area (Å²) < 4.78 is 24.2. The predicted octanol–water partition coefficient (Wildman–Crippen LogP) is 4.59. The van der Waals surface area contributed by atoms with Crippen molar-refractivity contribution in [1.82, 2.24) is 4.98 Å². The molecule has 0 amide bonds. The maximum atomic E-state index is 14.0. The van der Waals surface area contributed by atoms with Crippen molar-refractivity contribution in [2.24, 2.45) is 28.6 Å². The third-order valence-corrected chi connectivity index (χ3v) is 13.3. The second-order valence-corrected chi connectivity index (χ2v) is 15.5. The van der Waals surface area contributed by atoms with E-state index in [4.69, 9.17) is 18.9 Å². The van der Waals surface area contributed by atoms with E-state index in [0.29, 0.717) is 36.4 Å². The van der Waals surface area contributed by atoms with E-state index in [9.17, 15) is 24.3 Å². The van der Waals surface area contributed by atoms with Crippen LogP contribution in [0.2, 0.25) is 0 Å². The summed E-state index contributed by atoms with van der Waals surface area (Å²) in [7, 11) is 0. The first-order valence-electron chi connectivity index (χ1n) is 16.6. The van der Waals surface area contributed by atoms with E-state index < -0.39 is 64.3 Å². The van der Waals surface area contributed by atoms with Gasteiger partial charge in [0.2, 0.25) is 0 Å². The van der Waals surface area contributed by atoms with Crippen molar-refractivity contribution < 1.29 is 43.2 Å². The van der Waals surface area contributed by atoms with Gasteiger partial charge in [-0.05, 0) is 70.1 Å². The minimum Gasteiger partial charge on any atom is -0.458 e. The summed E-state index contributed by atoms with van der Waals surface area (Å²) in [5.74, 6) is -2.72. The van der Waals surface area contributed by atoms with Gasteiger partial charge in [0.25, 0.3) is 0 Å². The molecule has 0 radical (unpaired) electrons. The van der Waals surface area contributed by atoms with Gasteiger partial charge in [-0.1, -0.05) is 25.0 Å². The van der Waals surface area contributed by atoms with Crippen molar-refractivity contribution in [1.29, 1.82) is 0 Å². The molecule has 0 bridgehead atoms. The highest BCUT2D eigenvalue weighted by Gasteiger charge is 2.83. The number of fused-ring (bicyclic) bond motifs is 4. The molecular weight excluding hydrogens is 636 g/mol. The number of aromatic nitrogens is 1. The molecule has 3 heterocycles. The van der Waals surface area contributed by atoms with Crippen molar-refractivity contribution in [3.05, 3.63) is 58.8 Å². The number of thiazole rings is 1. The van der Waals surface area contributed by atoms with Crippen LogP contribution >= 0.6 is 11.3 Å². The van der Waals surface area contributed by atoms with Gasteiger partial charge in [0.15, 0.2) is 17.0 Å². The summed E-state index contributed by atoms with van der Waals surface area (Å²) in [6.07, 6.45) is 8.66. The molecule has 7 rings (SSSR count). The van der Waals surface area contributed by atoms with Crippen molar-refractivity contribution in [2.45, 2.75) is 103 Å². The maximum absolute atomic E-state index is 14.0. The molecule has 3 fully saturated rings. The van der Waals surface area contributed by atoms with Gasteiger partial charge in [-0.2, -0.15) is 0 Å². The van der Waals surface area contributed by atoms with Crippen molar-refractivity contribution in [3.8, 4) is 0 Å². The normalized spacial score (nSPS) is 41.8. The maximum Gasteiger partial charge on any atom is 0.333 e. The molecule has 1 aromatic heterocycles. The van der Waals surface area contributed by atoms with Gasteiger partial charge in [0.05, 0.1) is 11.5 Å². The number of anilines is 1. The van der Waals surface area contributed by atoms with E-state index >= 15 is 0 Å². The monoisotopic (exact) mass is 678 g/mol. The van der Waals surface area contributed by atoms with E-state index in [-0.39, 0.29) is 23.6 Å². The van der Waals surface area contributed by atoms with Gasteiger partial charge >= 0.3 is 17.9 Å². The average Bonchev–Trinajstić information content (AvgIpc) is 3.44. The molecule has 1 saturated heterocycles. The molecule has 48 heavy (non-hydrogen) atoms. The van der Waals surface area contributed by atoms with Crippen LogP contribution in [0.5, 0.6) is 0 Å². The molecule has 11 nitrogen and oxygen atoms in total. The fourth-order valence-corrected chi connectivity index (χ4v) is 10.4. The van der Waals surface area contributed by atoms with Crippen LogP contribution in [0, 0.1) is 28.6 Å². The van der Waals surface area contributed by atoms with E-state index in [0.717, 1.165) is 11.1 Å². The third kappa shape index (κ3) is 4.47. The minimum atomic E-state index is -1.57. The number of esters is 3. The van der Waals surface area contributed by atoms with Gasteiger partial charge in [-0.25, -0.2) is 14.6 Å². The molecule has 12 heteroatoms. The Morgan fingerprint density at radius 3 is 2.65 bits per heavy atom. The number of nitrogens with zero attached hydrogens (tertiary/aromatic N) is 1. The fraction of sp³-hybridized carbons (Fsp3) is 0.583. The van der Waals surface area contributed by atoms with E-state index in [2.05, 4.69) is 10.3 Å². The molecule has 11 atom stereocenters. The summed E-state index contributed by atoms with van der Waals surface area (Å²) in [4.78, 5) is 56.3. The minimum absolute atomic E-state index is 0.143. The number of epoxide rings is 1. The molecule has 4 aliphatic carbocycles.